The smallest absolute Gasteiger partial charge is 0.251 e. The van der Waals surface area contributed by atoms with Crippen LogP contribution in [0.5, 0.6) is 0 Å². The largest absolute Gasteiger partial charge is 0.352 e. The zero-order chi connectivity index (χ0) is 16.5. The molecular weight excluding hydrogens is 314 g/mol. The Morgan fingerprint density at radius 3 is 2.30 bits per heavy atom. The van der Waals surface area contributed by atoms with E-state index in [0.29, 0.717) is 30.1 Å². The number of hydrogen-bond donors (Lipinski definition) is 3. The molecule has 23 heavy (non-hydrogen) atoms. The van der Waals surface area contributed by atoms with Gasteiger partial charge in [-0.1, -0.05) is 26.8 Å². The topological polar surface area (TPSA) is 84.2 Å². The Morgan fingerprint density at radius 1 is 1.17 bits per heavy atom. The number of carbonyl (C=O) groups is 2. The summed E-state index contributed by atoms with van der Waals surface area (Å²) >= 11 is 0. The summed E-state index contributed by atoms with van der Waals surface area (Å²) in [4.78, 5) is 24.2. The molecule has 2 amide bonds. The van der Waals surface area contributed by atoms with Crippen molar-refractivity contribution in [3.8, 4) is 0 Å². The highest BCUT2D eigenvalue weighted by Gasteiger charge is 2.15. The third kappa shape index (κ3) is 7.48. The number of nitrogens with one attached hydrogen (secondary N) is 2. The van der Waals surface area contributed by atoms with Gasteiger partial charge in [0.15, 0.2) is 0 Å². The highest BCUT2D eigenvalue weighted by molar-refractivity contribution is 5.99. The van der Waals surface area contributed by atoms with Crippen LogP contribution in [0.2, 0.25) is 0 Å². The molecule has 0 saturated heterocycles. The molecule has 6 heteroatoms. The second kappa shape index (κ2) is 11.0. The zero-order valence-electron chi connectivity index (χ0n) is 14.1. The van der Waals surface area contributed by atoms with Crippen molar-refractivity contribution in [3.63, 3.8) is 0 Å². The number of nitrogens with two attached hydrogens (primary N) is 1. The maximum Gasteiger partial charge on any atom is 0.251 e. The van der Waals surface area contributed by atoms with E-state index in [-0.39, 0.29) is 30.3 Å². The normalized spacial score (nSPS) is 11.5. The van der Waals surface area contributed by atoms with Crippen molar-refractivity contribution in [2.24, 2.45) is 11.7 Å². The van der Waals surface area contributed by atoms with E-state index < -0.39 is 0 Å². The molecule has 0 aliphatic carbocycles. The molecule has 1 aromatic carbocycles. The predicted molar refractivity (Wildman–Crippen MR) is 96.1 cm³/mol. The lowest BCUT2D eigenvalue weighted by atomic mass is 10.0. The molecule has 5 nitrogen and oxygen atoms in total. The number of hydrogen-bond acceptors (Lipinski definition) is 3. The van der Waals surface area contributed by atoms with Crippen LogP contribution >= 0.6 is 12.4 Å². The molecule has 0 spiro atoms. The summed E-state index contributed by atoms with van der Waals surface area (Å²) in [6, 6.07) is 6.69. The van der Waals surface area contributed by atoms with Gasteiger partial charge < -0.3 is 16.4 Å². The SMILES string of the molecule is CCCNC(=O)c1cccc(C(=O)NC(CN)CC(C)C)c1.Cl. The molecule has 130 valence electrons. The average molecular weight is 342 g/mol. The van der Waals surface area contributed by atoms with E-state index in [2.05, 4.69) is 24.5 Å². The van der Waals surface area contributed by atoms with Gasteiger partial charge in [-0.25, -0.2) is 0 Å². The van der Waals surface area contributed by atoms with Gasteiger partial charge in [-0.2, -0.15) is 0 Å². The van der Waals surface area contributed by atoms with Gasteiger partial charge in [-0.15, -0.1) is 12.4 Å². The van der Waals surface area contributed by atoms with Crippen LogP contribution in [0.4, 0.5) is 0 Å². The van der Waals surface area contributed by atoms with Crippen LogP contribution in [0.25, 0.3) is 0 Å². The van der Waals surface area contributed by atoms with Crippen molar-refractivity contribution >= 4 is 24.2 Å². The Morgan fingerprint density at radius 2 is 1.78 bits per heavy atom. The van der Waals surface area contributed by atoms with E-state index in [4.69, 9.17) is 5.73 Å². The lowest BCUT2D eigenvalue weighted by Gasteiger charge is -2.19. The van der Waals surface area contributed by atoms with Gasteiger partial charge in [0.1, 0.15) is 0 Å². The third-order valence-electron chi connectivity index (χ3n) is 3.30. The molecule has 0 radical (unpaired) electrons. The lowest BCUT2D eigenvalue weighted by molar-refractivity contribution is 0.0933. The maximum absolute atomic E-state index is 12.3. The number of rotatable bonds is 8. The summed E-state index contributed by atoms with van der Waals surface area (Å²) in [5.74, 6) is 0.107. The minimum absolute atomic E-state index is 0. The van der Waals surface area contributed by atoms with E-state index in [1.807, 2.05) is 6.92 Å². The highest BCUT2D eigenvalue weighted by atomic mass is 35.5. The molecule has 0 aliphatic rings. The fourth-order valence-corrected chi connectivity index (χ4v) is 2.19. The van der Waals surface area contributed by atoms with E-state index in [1.165, 1.54) is 0 Å². The first-order valence-electron chi connectivity index (χ1n) is 7.87. The summed E-state index contributed by atoms with van der Waals surface area (Å²) in [6.07, 6.45) is 1.71. The Bertz CT molecular complexity index is 506. The summed E-state index contributed by atoms with van der Waals surface area (Å²) in [7, 11) is 0. The number of benzene rings is 1. The molecule has 1 aromatic rings. The van der Waals surface area contributed by atoms with Gasteiger partial charge in [-0.05, 0) is 37.0 Å². The first-order valence-corrected chi connectivity index (χ1v) is 7.87. The van der Waals surface area contributed by atoms with Crippen molar-refractivity contribution in [1.82, 2.24) is 10.6 Å². The Labute approximate surface area is 144 Å². The van der Waals surface area contributed by atoms with Gasteiger partial charge >= 0.3 is 0 Å². The molecule has 0 heterocycles. The molecule has 0 aliphatic heterocycles. The number of halogens is 1. The molecular formula is C17H28ClN3O2. The predicted octanol–water partition coefficient (Wildman–Crippen LogP) is 2.35. The molecule has 1 atom stereocenters. The summed E-state index contributed by atoms with van der Waals surface area (Å²) in [5.41, 5.74) is 6.67. The van der Waals surface area contributed by atoms with Crippen LogP contribution < -0.4 is 16.4 Å². The standard InChI is InChI=1S/C17H27N3O2.ClH/c1-4-8-19-16(21)13-6-5-7-14(10-13)17(22)20-15(11-18)9-12(2)3;/h5-7,10,12,15H,4,8-9,11,18H2,1-3H3,(H,19,21)(H,20,22);1H. The average Bonchev–Trinajstić information content (AvgIpc) is 2.51. The van der Waals surface area contributed by atoms with E-state index in [9.17, 15) is 9.59 Å². The minimum Gasteiger partial charge on any atom is -0.352 e. The Hall–Kier alpha value is -1.59. The molecule has 0 fully saturated rings. The monoisotopic (exact) mass is 341 g/mol. The van der Waals surface area contributed by atoms with E-state index in [0.717, 1.165) is 12.8 Å². The van der Waals surface area contributed by atoms with Crippen LogP contribution in [0.15, 0.2) is 24.3 Å². The molecule has 1 rings (SSSR count). The van der Waals surface area contributed by atoms with Crippen LogP contribution in [0.1, 0.15) is 54.3 Å². The quantitative estimate of drug-likeness (QED) is 0.678. The molecule has 0 bridgehead atoms. The fourth-order valence-electron chi connectivity index (χ4n) is 2.19. The van der Waals surface area contributed by atoms with E-state index in [1.54, 1.807) is 24.3 Å². The van der Waals surface area contributed by atoms with Gasteiger partial charge in [0, 0.05) is 30.3 Å². The summed E-state index contributed by atoms with van der Waals surface area (Å²) < 4.78 is 0. The van der Waals surface area contributed by atoms with Crippen LogP contribution in [-0.4, -0.2) is 30.9 Å². The maximum atomic E-state index is 12.3. The minimum atomic E-state index is -0.193. The Balaban J connectivity index is 0.00000484. The molecule has 4 N–H and O–H groups in total. The first-order chi connectivity index (χ1) is 10.5. The van der Waals surface area contributed by atoms with Crippen molar-refractivity contribution in [1.29, 1.82) is 0 Å². The molecule has 0 aromatic heterocycles. The zero-order valence-corrected chi connectivity index (χ0v) is 14.9. The van der Waals surface area contributed by atoms with Gasteiger partial charge in [0.2, 0.25) is 0 Å². The second-order valence-electron chi connectivity index (χ2n) is 5.87. The first kappa shape index (κ1) is 21.4. The van der Waals surface area contributed by atoms with Crippen molar-refractivity contribution < 1.29 is 9.59 Å². The van der Waals surface area contributed by atoms with Crippen molar-refractivity contribution in [2.45, 2.75) is 39.7 Å². The van der Waals surface area contributed by atoms with Gasteiger partial charge in [0.05, 0.1) is 0 Å². The lowest BCUT2D eigenvalue weighted by Crippen LogP contribution is -2.41. The third-order valence-corrected chi connectivity index (χ3v) is 3.30. The fraction of sp³-hybridized carbons (Fsp3) is 0.529. The summed E-state index contributed by atoms with van der Waals surface area (Å²) in [6.45, 7) is 7.20. The Kier molecular flexibility index (Phi) is 10.3. The number of amides is 2. The van der Waals surface area contributed by atoms with Crippen LogP contribution in [-0.2, 0) is 0 Å². The van der Waals surface area contributed by atoms with Crippen molar-refractivity contribution in [2.75, 3.05) is 13.1 Å². The van der Waals surface area contributed by atoms with Gasteiger partial charge in [0.25, 0.3) is 11.8 Å². The second-order valence-corrected chi connectivity index (χ2v) is 5.87. The van der Waals surface area contributed by atoms with Gasteiger partial charge in [-0.3, -0.25) is 9.59 Å². The van der Waals surface area contributed by atoms with Crippen LogP contribution in [0.3, 0.4) is 0 Å². The summed E-state index contributed by atoms with van der Waals surface area (Å²) in [5, 5.41) is 5.73. The molecule has 0 saturated carbocycles. The van der Waals surface area contributed by atoms with Crippen molar-refractivity contribution in [3.05, 3.63) is 35.4 Å². The highest BCUT2D eigenvalue weighted by Crippen LogP contribution is 2.08. The number of carbonyl (C=O) groups excluding carboxylic acids is 2. The molecule has 1 unspecified atom stereocenters. The van der Waals surface area contributed by atoms with E-state index >= 15 is 0 Å². The van der Waals surface area contributed by atoms with Crippen LogP contribution in [0, 0.1) is 5.92 Å².